The van der Waals surface area contributed by atoms with E-state index < -0.39 is 0 Å². The van der Waals surface area contributed by atoms with Crippen molar-refractivity contribution in [1.82, 2.24) is 5.32 Å². The Kier molecular flexibility index (Phi) is 4.65. The highest BCUT2D eigenvalue weighted by molar-refractivity contribution is 5.44. The van der Waals surface area contributed by atoms with Crippen LogP contribution < -0.4 is 10.1 Å². The van der Waals surface area contributed by atoms with Crippen molar-refractivity contribution in [1.29, 1.82) is 0 Å². The van der Waals surface area contributed by atoms with Crippen LogP contribution in [-0.2, 0) is 5.41 Å². The molecule has 0 unspecified atom stereocenters. The minimum absolute atomic E-state index is 0.173. The van der Waals surface area contributed by atoms with Gasteiger partial charge in [0.2, 0.25) is 0 Å². The Bertz CT molecular complexity index is 443. The van der Waals surface area contributed by atoms with Gasteiger partial charge in [0.15, 0.2) is 0 Å². The van der Waals surface area contributed by atoms with Gasteiger partial charge in [0.25, 0.3) is 0 Å². The van der Waals surface area contributed by atoms with Crippen molar-refractivity contribution in [2.45, 2.75) is 38.5 Å². The van der Waals surface area contributed by atoms with Crippen LogP contribution in [0, 0.1) is 6.92 Å². The molecule has 0 fully saturated rings. The van der Waals surface area contributed by atoms with Crippen LogP contribution in [0.1, 0.15) is 37.3 Å². The monoisotopic (exact) mass is 259 g/mol. The summed E-state index contributed by atoms with van der Waals surface area (Å²) in [5.41, 5.74) is 2.83. The fourth-order valence-electron chi connectivity index (χ4n) is 2.90. The molecule has 0 amide bonds. The Balaban J connectivity index is 2.30. The summed E-state index contributed by atoms with van der Waals surface area (Å²) >= 11 is 0. The molecule has 0 saturated heterocycles. The van der Waals surface area contributed by atoms with E-state index in [0.717, 1.165) is 31.7 Å². The Morgan fingerprint density at radius 1 is 1.26 bits per heavy atom. The maximum Gasteiger partial charge on any atom is 0.122 e. The predicted molar refractivity (Wildman–Crippen MR) is 80.9 cm³/mol. The second kappa shape index (κ2) is 6.25. The van der Waals surface area contributed by atoms with E-state index in [1.165, 1.54) is 17.5 Å². The van der Waals surface area contributed by atoms with Gasteiger partial charge in [0.1, 0.15) is 5.75 Å². The van der Waals surface area contributed by atoms with E-state index in [-0.39, 0.29) is 5.41 Å². The van der Waals surface area contributed by atoms with Gasteiger partial charge in [-0.2, -0.15) is 0 Å². The normalized spacial score (nSPS) is 16.8. The first-order valence-corrected chi connectivity index (χ1v) is 7.23. The van der Waals surface area contributed by atoms with Crippen LogP contribution in [0.2, 0.25) is 0 Å². The molecule has 0 aromatic heterocycles. The van der Waals surface area contributed by atoms with E-state index in [2.05, 4.69) is 49.5 Å². The number of hydrogen-bond donors (Lipinski definition) is 1. The SMILES string of the molecule is CCCNCC1(c2cc(C)ccc2OC)CC=CC1. The molecule has 0 radical (unpaired) electrons. The van der Waals surface area contributed by atoms with Gasteiger partial charge in [-0.15, -0.1) is 0 Å². The first-order chi connectivity index (χ1) is 9.22. The molecule has 1 aliphatic carbocycles. The van der Waals surface area contributed by atoms with Crippen molar-refractivity contribution in [3.05, 3.63) is 41.5 Å². The summed E-state index contributed by atoms with van der Waals surface area (Å²) in [5, 5.41) is 3.59. The van der Waals surface area contributed by atoms with Gasteiger partial charge in [-0.3, -0.25) is 0 Å². The second-order valence-electron chi connectivity index (χ2n) is 5.54. The quantitative estimate of drug-likeness (QED) is 0.622. The van der Waals surface area contributed by atoms with Crippen LogP contribution in [0.25, 0.3) is 0 Å². The van der Waals surface area contributed by atoms with E-state index in [1.54, 1.807) is 7.11 Å². The van der Waals surface area contributed by atoms with Crippen LogP contribution in [0.5, 0.6) is 5.75 Å². The number of ether oxygens (including phenoxy) is 1. The molecular weight excluding hydrogens is 234 g/mol. The number of hydrogen-bond acceptors (Lipinski definition) is 2. The van der Waals surface area contributed by atoms with Gasteiger partial charge in [0.05, 0.1) is 7.11 Å². The molecule has 1 aromatic rings. The molecule has 19 heavy (non-hydrogen) atoms. The zero-order valence-electron chi connectivity index (χ0n) is 12.3. The van der Waals surface area contributed by atoms with Crippen molar-refractivity contribution in [3.8, 4) is 5.75 Å². The highest BCUT2D eigenvalue weighted by Crippen LogP contribution is 2.41. The summed E-state index contributed by atoms with van der Waals surface area (Å²) in [6.07, 6.45) is 7.98. The molecule has 2 heteroatoms. The highest BCUT2D eigenvalue weighted by atomic mass is 16.5. The zero-order chi connectivity index (χ0) is 13.7. The van der Waals surface area contributed by atoms with E-state index in [1.807, 2.05) is 0 Å². The molecule has 0 heterocycles. The number of benzene rings is 1. The molecule has 1 N–H and O–H groups in total. The smallest absolute Gasteiger partial charge is 0.122 e. The topological polar surface area (TPSA) is 21.3 Å². The molecule has 2 rings (SSSR count). The van der Waals surface area contributed by atoms with Crippen LogP contribution in [-0.4, -0.2) is 20.2 Å². The van der Waals surface area contributed by atoms with Crippen molar-refractivity contribution < 1.29 is 4.74 Å². The molecule has 2 nitrogen and oxygen atoms in total. The Hall–Kier alpha value is -1.28. The summed E-state index contributed by atoms with van der Waals surface area (Å²) in [4.78, 5) is 0. The third-order valence-corrected chi connectivity index (χ3v) is 4.00. The van der Waals surface area contributed by atoms with Crippen molar-refractivity contribution in [3.63, 3.8) is 0 Å². The summed E-state index contributed by atoms with van der Waals surface area (Å²) in [6, 6.07) is 6.52. The van der Waals surface area contributed by atoms with Crippen molar-refractivity contribution in [2.24, 2.45) is 0 Å². The minimum Gasteiger partial charge on any atom is -0.496 e. The fraction of sp³-hybridized carbons (Fsp3) is 0.529. The van der Waals surface area contributed by atoms with Crippen molar-refractivity contribution in [2.75, 3.05) is 20.2 Å². The van der Waals surface area contributed by atoms with Crippen molar-refractivity contribution >= 4 is 0 Å². The predicted octanol–water partition coefficient (Wildman–Crippen LogP) is 3.59. The van der Waals surface area contributed by atoms with Crippen LogP contribution in [0.3, 0.4) is 0 Å². The molecule has 1 aromatic carbocycles. The lowest BCUT2D eigenvalue weighted by molar-refractivity contribution is 0.368. The lowest BCUT2D eigenvalue weighted by Crippen LogP contribution is -2.37. The van der Waals surface area contributed by atoms with Gasteiger partial charge in [0, 0.05) is 17.5 Å². The maximum absolute atomic E-state index is 5.59. The van der Waals surface area contributed by atoms with E-state index in [9.17, 15) is 0 Å². The highest BCUT2D eigenvalue weighted by Gasteiger charge is 2.35. The van der Waals surface area contributed by atoms with Gasteiger partial charge in [-0.1, -0.05) is 36.8 Å². The number of methoxy groups -OCH3 is 1. The van der Waals surface area contributed by atoms with E-state index in [4.69, 9.17) is 4.74 Å². The zero-order valence-corrected chi connectivity index (χ0v) is 12.3. The van der Waals surface area contributed by atoms with E-state index in [0.29, 0.717) is 0 Å². The third-order valence-electron chi connectivity index (χ3n) is 4.00. The van der Waals surface area contributed by atoms with Crippen LogP contribution >= 0.6 is 0 Å². The first kappa shape index (κ1) is 14.1. The molecule has 0 atom stereocenters. The van der Waals surface area contributed by atoms with Crippen LogP contribution in [0.4, 0.5) is 0 Å². The maximum atomic E-state index is 5.59. The Morgan fingerprint density at radius 3 is 2.63 bits per heavy atom. The largest absolute Gasteiger partial charge is 0.496 e. The molecule has 0 saturated carbocycles. The first-order valence-electron chi connectivity index (χ1n) is 7.23. The number of nitrogens with one attached hydrogen (secondary N) is 1. The number of aryl methyl sites for hydroxylation is 1. The summed E-state index contributed by atoms with van der Waals surface area (Å²) in [6.45, 7) is 6.46. The molecule has 0 spiro atoms. The Labute approximate surface area is 116 Å². The Morgan fingerprint density at radius 2 is 2.00 bits per heavy atom. The number of rotatable bonds is 6. The lowest BCUT2D eigenvalue weighted by Gasteiger charge is -2.32. The number of allylic oxidation sites excluding steroid dienone is 2. The molecular formula is C17H25NO. The van der Waals surface area contributed by atoms with Gasteiger partial charge in [-0.05, 0) is 38.8 Å². The van der Waals surface area contributed by atoms with E-state index >= 15 is 0 Å². The summed E-state index contributed by atoms with van der Waals surface area (Å²) < 4.78 is 5.59. The minimum atomic E-state index is 0.173. The molecule has 0 bridgehead atoms. The average Bonchev–Trinajstić information content (AvgIpc) is 2.89. The third kappa shape index (κ3) is 3.01. The van der Waals surface area contributed by atoms with Gasteiger partial charge < -0.3 is 10.1 Å². The molecule has 104 valence electrons. The summed E-state index contributed by atoms with van der Waals surface area (Å²) in [5.74, 6) is 1.02. The fourth-order valence-corrected chi connectivity index (χ4v) is 2.90. The standard InChI is InChI=1S/C17H25NO/c1-4-11-18-13-17(9-5-6-10-17)15-12-14(2)7-8-16(15)19-3/h5-8,12,18H,4,9-11,13H2,1-3H3. The average molecular weight is 259 g/mol. The molecule has 1 aliphatic rings. The van der Waals surface area contributed by atoms with Gasteiger partial charge in [-0.25, -0.2) is 0 Å². The van der Waals surface area contributed by atoms with Gasteiger partial charge >= 0.3 is 0 Å². The lowest BCUT2D eigenvalue weighted by atomic mass is 9.77. The van der Waals surface area contributed by atoms with Crippen LogP contribution in [0.15, 0.2) is 30.4 Å². The second-order valence-corrected chi connectivity index (χ2v) is 5.54. The molecule has 0 aliphatic heterocycles. The summed E-state index contributed by atoms with van der Waals surface area (Å²) in [7, 11) is 1.77.